The molecule has 0 unspecified atom stereocenters. The Hall–Kier alpha value is -3.27. The zero-order chi connectivity index (χ0) is 28.9. The Bertz CT molecular complexity index is 1450. The molecular weight excluding hydrogens is 631 g/mol. The van der Waals surface area contributed by atoms with Gasteiger partial charge in [-0.3, -0.25) is 9.79 Å². The molecule has 0 saturated carbocycles. The van der Waals surface area contributed by atoms with E-state index in [0.29, 0.717) is 24.5 Å². The lowest BCUT2D eigenvalue weighted by Gasteiger charge is -2.20. The second-order valence-electron chi connectivity index (χ2n) is 10.6. The number of carbonyl (C=O) groups excluding carboxylic acids is 1. The minimum atomic E-state index is 0.0773. The molecule has 0 spiro atoms. The van der Waals surface area contributed by atoms with Gasteiger partial charge in [0.2, 0.25) is 0 Å². The molecule has 5 rings (SSSR count). The number of fused-ring (bicyclic) bond motifs is 2. The predicted octanol–water partition coefficient (Wildman–Crippen LogP) is 7.97. The van der Waals surface area contributed by atoms with E-state index in [4.69, 9.17) is 18.9 Å². The molecule has 1 saturated heterocycles. The average molecular weight is 669 g/mol. The smallest absolute Gasteiger partial charge is 0.256 e. The number of aliphatic imine (C=N–C) groups is 1. The van der Waals surface area contributed by atoms with Crippen molar-refractivity contribution >= 4 is 40.4 Å². The quantitative estimate of drug-likeness (QED) is 0.153. The number of unbranched alkanes of at least 4 members (excludes halogenated alkanes) is 2. The standard InChI is InChI=1S/C33H37IN2O5/c1-21-15-26(18-32(38-4)23(21)3)41-30-11-10-25(17-28(30)34)39-13-6-5-7-14-40-31-19-29-27(16-22(31)2)33(37)36-12-8-9-24(36)20-35-29/h10-11,15-20,24H,5-9,12-14H2,1-4H3/t24-/m0/s1. The molecular formula is C33H37IN2O5. The summed E-state index contributed by atoms with van der Waals surface area (Å²) >= 11 is 2.27. The maximum atomic E-state index is 13.0. The molecule has 0 aromatic heterocycles. The number of methoxy groups -OCH3 is 1. The number of amides is 1. The molecule has 0 aliphatic carbocycles. The van der Waals surface area contributed by atoms with Crippen molar-refractivity contribution in [3.63, 3.8) is 0 Å². The summed E-state index contributed by atoms with van der Waals surface area (Å²) in [6.45, 7) is 8.13. The zero-order valence-corrected chi connectivity index (χ0v) is 26.3. The molecule has 1 fully saturated rings. The molecule has 2 aliphatic rings. The van der Waals surface area contributed by atoms with E-state index in [2.05, 4.69) is 34.5 Å². The van der Waals surface area contributed by atoms with Crippen LogP contribution in [0.5, 0.6) is 28.7 Å². The van der Waals surface area contributed by atoms with Crippen LogP contribution in [0, 0.1) is 24.3 Å². The Morgan fingerprint density at radius 1 is 0.902 bits per heavy atom. The van der Waals surface area contributed by atoms with Gasteiger partial charge in [-0.25, -0.2) is 0 Å². The SMILES string of the molecule is COc1cc(Oc2ccc(OCCCCCOc3cc4c(cc3C)C(=O)N3CCC[C@H]3C=N4)cc2I)cc(C)c1C. The van der Waals surface area contributed by atoms with Gasteiger partial charge >= 0.3 is 0 Å². The molecule has 0 bridgehead atoms. The van der Waals surface area contributed by atoms with Crippen molar-refractivity contribution < 1.29 is 23.7 Å². The lowest BCUT2D eigenvalue weighted by atomic mass is 10.1. The van der Waals surface area contributed by atoms with Gasteiger partial charge in [-0.2, -0.15) is 0 Å². The minimum Gasteiger partial charge on any atom is -0.496 e. The summed E-state index contributed by atoms with van der Waals surface area (Å²) in [6, 6.07) is 13.8. The third kappa shape index (κ3) is 6.80. The summed E-state index contributed by atoms with van der Waals surface area (Å²) in [5, 5.41) is 0. The number of benzene rings is 3. The van der Waals surface area contributed by atoms with Crippen LogP contribution in [-0.4, -0.2) is 49.9 Å². The predicted molar refractivity (Wildman–Crippen MR) is 170 cm³/mol. The van der Waals surface area contributed by atoms with Crippen LogP contribution in [-0.2, 0) is 0 Å². The van der Waals surface area contributed by atoms with Crippen LogP contribution in [0.25, 0.3) is 0 Å². The van der Waals surface area contributed by atoms with E-state index in [1.807, 2.05) is 67.4 Å². The van der Waals surface area contributed by atoms with Crippen molar-refractivity contribution in [2.24, 2.45) is 4.99 Å². The molecule has 7 nitrogen and oxygen atoms in total. The van der Waals surface area contributed by atoms with Gasteiger partial charge in [-0.05, 0) is 122 Å². The number of ether oxygens (including phenoxy) is 4. The number of nitrogens with zero attached hydrogens (tertiary/aromatic N) is 2. The van der Waals surface area contributed by atoms with Crippen LogP contribution in [0.4, 0.5) is 5.69 Å². The maximum Gasteiger partial charge on any atom is 0.256 e. The summed E-state index contributed by atoms with van der Waals surface area (Å²) in [4.78, 5) is 19.5. The van der Waals surface area contributed by atoms with Gasteiger partial charge in [-0.1, -0.05) is 0 Å². The third-order valence-electron chi connectivity index (χ3n) is 7.73. The van der Waals surface area contributed by atoms with E-state index >= 15 is 0 Å². The van der Waals surface area contributed by atoms with Gasteiger partial charge < -0.3 is 23.8 Å². The maximum absolute atomic E-state index is 13.0. The van der Waals surface area contributed by atoms with Crippen LogP contribution >= 0.6 is 22.6 Å². The van der Waals surface area contributed by atoms with E-state index < -0.39 is 0 Å². The average Bonchev–Trinajstić information content (AvgIpc) is 3.39. The summed E-state index contributed by atoms with van der Waals surface area (Å²) in [5.41, 5.74) is 4.58. The number of hydrogen-bond donors (Lipinski definition) is 0. The number of aryl methyl sites for hydroxylation is 2. The minimum absolute atomic E-state index is 0.0773. The molecule has 1 amide bonds. The van der Waals surface area contributed by atoms with Crippen molar-refractivity contribution in [2.45, 2.75) is 58.9 Å². The molecule has 2 heterocycles. The first-order valence-electron chi connectivity index (χ1n) is 14.2. The zero-order valence-electron chi connectivity index (χ0n) is 24.2. The van der Waals surface area contributed by atoms with Crippen LogP contribution in [0.3, 0.4) is 0 Å². The van der Waals surface area contributed by atoms with Crippen LogP contribution in [0.1, 0.15) is 59.2 Å². The summed E-state index contributed by atoms with van der Waals surface area (Å²) in [6.07, 6.45) is 6.78. The first-order chi connectivity index (χ1) is 19.8. The van der Waals surface area contributed by atoms with Gasteiger partial charge in [0.25, 0.3) is 5.91 Å². The third-order valence-corrected chi connectivity index (χ3v) is 8.57. The largest absolute Gasteiger partial charge is 0.496 e. The van der Waals surface area contributed by atoms with Crippen molar-refractivity contribution in [1.82, 2.24) is 4.90 Å². The first kappa shape index (κ1) is 29.2. The lowest BCUT2D eigenvalue weighted by Crippen LogP contribution is -2.35. The molecule has 2 aliphatic heterocycles. The van der Waals surface area contributed by atoms with Gasteiger partial charge in [0.05, 0.1) is 41.2 Å². The fourth-order valence-corrected chi connectivity index (χ4v) is 5.83. The van der Waals surface area contributed by atoms with Crippen molar-refractivity contribution in [3.05, 3.63) is 68.3 Å². The number of hydrogen-bond acceptors (Lipinski definition) is 6. The highest BCUT2D eigenvalue weighted by Gasteiger charge is 2.32. The highest BCUT2D eigenvalue weighted by Crippen LogP contribution is 2.35. The van der Waals surface area contributed by atoms with Crippen LogP contribution < -0.4 is 18.9 Å². The number of carbonyl (C=O) groups is 1. The van der Waals surface area contributed by atoms with E-state index in [1.54, 1.807) is 7.11 Å². The Balaban J connectivity index is 1.06. The number of rotatable bonds is 11. The molecule has 3 aromatic carbocycles. The van der Waals surface area contributed by atoms with Gasteiger partial charge in [0.15, 0.2) is 0 Å². The second kappa shape index (κ2) is 13.1. The van der Waals surface area contributed by atoms with E-state index in [9.17, 15) is 4.79 Å². The summed E-state index contributed by atoms with van der Waals surface area (Å²) < 4.78 is 24.7. The van der Waals surface area contributed by atoms with Gasteiger partial charge in [0.1, 0.15) is 28.7 Å². The number of halogens is 1. The van der Waals surface area contributed by atoms with E-state index in [0.717, 1.165) is 87.7 Å². The monoisotopic (exact) mass is 668 g/mol. The normalized spacial score (nSPS) is 15.8. The molecule has 0 radical (unpaired) electrons. The fraction of sp³-hybridized carbons (Fsp3) is 0.394. The van der Waals surface area contributed by atoms with Crippen molar-refractivity contribution in [1.29, 1.82) is 0 Å². The van der Waals surface area contributed by atoms with E-state index in [1.165, 1.54) is 0 Å². The molecule has 1 atom stereocenters. The van der Waals surface area contributed by atoms with Crippen molar-refractivity contribution in [2.75, 3.05) is 26.9 Å². The Morgan fingerprint density at radius 2 is 1.71 bits per heavy atom. The first-order valence-corrected chi connectivity index (χ1v) is 15.3. The molecule has 8 heteroatoms. The highest BCUT2D eigenvalue weighted by atomic mass is 127. The molecule has 216 valence electrons. The Morgan fingerprint density at radius 3 is 2.49 bits per heavy atom. The van der Waals surface area contributed by atoms with Crippen LogP contribution in [0.2, 0.25) is 0 Å². The fourth-order valence-electron chi connectivity index (χ4n) is 5.23. The van der Waals surface area contributed by atoms with E-state index in [-0.39, 0.29) is 11.9 Å². The summed E-state index contributed by atoms with van der Waals surface area (Å²) in [5.74, 6) is 4.05. The molecule has 41 heavy (non-hydrogen) atoms. The molecule has 0 N–H and O–H groups in total. The van der Waals surface area contributed by atoms with Crippen LogP contribution in [0.15, 0.2) is 47.5 Å². The summed E-state index contributed by atoms with van der Waals surface area (Å²) in [7, 11) is 1.67. The van der Waals surface area contributed by atoms with Gasteiger partial charge in [-0.15, -0.1) is 0 Å². The second-order valence-corrected chi connectivity index (χ2v) is 11.8. The lowest BCUT2D eigenvalue weighted by molar-refractivity contribution is 0.0774. The van der Waals surface area contributed by atoms with Crippen molar-refractivity contribution in [3.8, 4) is 28.7 Å². The Labute approximate surface area is 256 Å². The van der Waals surface area contributed by atoms with Gasteiger partial charge in [0, 0.05) is 24.9 Å². The molecule has 3 aromatic rings. The topological polar surface area (TPSA) is 69.6 Å². The highest BCUT2D eigenvalue weighted by molar-refractivity contribution is 14.1. The Kier molecular flexibility index (Phi) is 9.37.